The van der Waals surface area contributed by atoms with Crippen LogP contribution in [-0.2, 0) is 19.5 Å². The Hall–Kier alpha value is -4.95. The van der Waals surface area contributed by atoms with Crippen LogP contribution < -0.4 is 4.90 Å². The molecule has 2 amide bonds. The molecule has 1 aromatic heterocycles. The van der Waals surface area contributed by atoms with Crippen molar-refractivity contribution in [2.45, 2.75) is 45.7 Å². The maximum Gasteiger partial charge on any atom is 0.336 e. The quantitative estimate of drug-likeness (QED) is 0.193. The van der Waals surface area contributed by atoms with Gasteiger partial charge in [0.05, 0.1) is 16.6 Å². The summed E-state index contributed by atoms with van der Waals surface area (Å²) in [5.74, 6) is 0.0984. The molecule has 0 spiro atoms. The van der Waals surface area contributed by atoms with Crippen molar-refractivity contribution in [1.82, 2.24) is 14.5 Å². The number of aromatic nitrogens is 2. The summed E-state index contributed by atoms with van der Waals surface area (Å²) in [7, 11) is 0. The van der Waals surface area contributed by atoms with Gasteiger partial charge < -0.3 is 20.0 Å². The second-order valence-electron chi connectivity index (χ2n) is 11.1. The summed E-state index contributed by atoms with van der Waals surface area (Å²) >= 11 is 0. The lowest BCUT2D eigenvalue weighted by atomic mass is 9.99. The molecular weight excluding hydrogens is 552 g/mol. The number of carboxylic acid groups (broad SMARTS) is 1. The molecule has 4 aromatic carbocycles. The van der Waals surface area contributed by atoms with E-state index in [9.17, 15) is 14.7 Å². The van der Waals surface area contributed by atoms with E-state index in [2.05, 4.69) is 41.8 Å². The minimum atomic E-state index is -0.934. The van der Waals surface area contributed by atoms with E-state index in [1.165, 1.54) is 0 Å². The number of amides is 2. The predicted octanol–water partition coefficient (Wildman–Crippen LogP) is 6.80. The number of rotatable bonds is 10. The van der Waals surface area contributed by atoms with Gasteiger partial charge in [-0.15, -0.1) is 0 Å². The first-order valence-corrected chi connectivity index (χ1v) is 15.0. The highest BCUT2D eigenvalue weighted by molar-refractivity contribution is 5.96. The van der Waals surface area contributed by atoms with Crippen molar-refractivity contribution < 1.29 is 20.2 Å². The van der Waals surface area contributed by atoms with E-state index in [4.69, 9.17) is 4.98 Å². The largest absolute Gasteiger partial charge is 0.478 e. The lowest BCUT2D eigenvalue weighted by molar-refractivity contribution is 0.0697. The highest BCUT2D eigenvalue weighted by atomic mass is 16.4. The number of aromatic carboxylic acids is 1. The van der Waals surface area contributed by atoms with Gasteiger partial charge in [0, 0.05) is 38.3 Å². The third kappa shape index (κ3) is 6.35. The molecule has 1 aliphatic heterocycles. The third-order valence-electron chi connectivity index (χ3n) is 8.17. The number of unbranched alkanes of at least 4 members (excludes halogenated alkanes) is 1. The summed E-state index contributed by atoms with van der Waals surface area (Å²) in [6.07, 6.45) is 3.90. The summed E-state index contributed by atoms with van der Waals surface area (Å²) in [5, 5.41) is 9.63. The molecule has 0 bridgehead atoms. The van der Waals surface area contributed by atoms with Gasteiger partial charge in [0.15, 0.2) is 0 Å². The van der Waals surface area contributed by atoms with E-state index in [1.54, 1.807) is 12.1 Å². The highest BCUT2D eigenvalue weighted by Crippen LogP contribution is 2.29. The Morgan fingerprint density at radius 3 is 2.34 bits per heavy atom. The topological polar surface area (TPSA) is 110 Å². The zero-order valence-corrected chi connectivity index (χ0v) is 24.9. The van der Waals surface area contributed by atoms with E-state index in [0.717, 1.165) is 71.5 Å². The zero-order valence-electron chi connectivity index (χ0n) is 24.9. The van der Waals surface area contributed by atoms with Gasteiger partial charge in [-0.2, -0.15) is 0 Å². The number of hydrogen-bond acceptors (Lipinski definition) is 3. The van der Waals surface area contributed by atoms with Gasteiger partial charge in [0.2, 0.25) is 0 Å². The first-order valence-electron chi connectivity index (χ1n) is 15.0. The molecule has 0 unspecified atom stereocenters. The first kappa shape index (κ1) is 30.5. The predicted molar refractivity (Wildman–Crippen MR) is 174 cm³/mol. The highest BCUT2D eigenvalue weighted by Gasteiger charge is 2.27. The second kappa shape index (κ2) is 13.6. The Morgan fingerprint density at radius 1 is 0.864 bits per heavy atom. The molecule has 44 heavy (non-hydrogen) atoms. The molecule has 226 valence electrons. The van der Waals surface area contributed by atoms with Gasteiger partial charge in [-0.1, -0.05) is 86.1 Å². The molecule has 5 aromatic rings. The number of anilines is 1. The molecule has 1 fully saturated rings. The molecule has 0 aliphatic carbocycles. The molecule has 0 atom stereocenters. The van der Waals surface area contributed by atoms with Crippen molar-refractivity contribution in [3.05, 3.63) is 120 Å². The van der Waals surface area contributed by atoms with Crippen LogP contribution in [-0.4, -0.2) is 50.1 Å². The Morgan fingerprint density at radius 2 is 1.59 bits per heavy atom. The minimum absolute atomic E-state index is 0. The Balaban J connectivity index is 0.00000384. The van der Waals surface area contributed by atoms with Gasteiger partial charge in [-0.3, -0.25) is 4.90 Å². The van der Waals surface area contributed by atoms with Crippen LogP contribution in [0.3, 0.4) is 0 Å². The van der Waals surface area contributed by atoms with Crippen molar-refractivity contribution in [1.29, 1.82) is 0 Å². The van der Waals surface area contributed by atoms with Crippen LogP contribution in [0.25, 0.3) is 22.2 Å². The number of hydrogen-bond donors (Lipinski definition) is 1. The summed E-state index contributed by atoms with van der Waals surface area (Å²) in [6.45, 7) is 4.85. The number of aryl methyl sites for hydroxylation is 1. The van der Waals surface area contributed by atoms with Crippen LogP contribution in [0.5, 0.6) is 0 Å². The molecule has 8 nitrogen and oxygen atoms in total. The van der Waals surface area contributed by atoms with E-state index in [-0.39, 0.29) is 11.5 Å². The van der Waals surface area contributed by atoms with Crippen LogP contribution in [0.15, 0.2) is 97.1 Å². The number of urea groups is 1. The standard InChI is InChI=1S/C36H36N4O3.H2O/c1-2-3-14-34-37-32-20-19-29(39-22-9-21-38(36(39)43)24-26-10-5-4-6-11-26)23-33(32)40(34)25-27-15-17-28(18-16-27)30-12-7-8-13-31(30)35(41)42;/h4-8,10-13,15-20,23H,2-3,9,14,21-22,24-25H2,1H3,(H,41,42);1H2. The number of carbonyl (C=O) groups excluding carboxylic acids is 1. The molecule has 3 N–H and O–H groups in total. The molecule has 2 heterocycles. The second-order valence-corrected chi connectivity index (χ2v) is 11.1. The van der Waals surface area contributed by atoms with Gasteiger partial charge in [-0.05, 0) is 59.4 Å². The van der Waals surface area contributed by atoms with Gasteiger partial charge in [-0.25, -0.2) is 14.6 Å². The van der Waals surface area contributed by atoms with E-state index >= 15 is 0 Å². The van der Waals surface area contributed by atoms with Crippen molar-refractivity contribution in [3.63, 3.8) is 0 Å². The number of imidazole rings is 1. The molecular formula is C36H38N4O4. The smallest absolute Gasteiger partial charge is 0.336 e. The van der Waals surface area contributed by atoms with Crippen molar-refractivity contribution in [3.8, 4) is 11.1 Å². The monoisotopic (exact) mass is 590 g/mol. The fourth-order valence-electron chi connectivity index (χ4n) is 5.90. The first-order chi connectivity index (χ1) is 21.0. The molecule has 8 heteroatoms. The number of carboxylic acids is 1. The zero-order chi connectivity index (χ0) is 29.8. The minimum Gasteiger partial charge on any atom is -0.478 e. The van der Waals surface area contributed by atoms with Crippen LogP contribution in [0.2, 0.25) is 0 Å². The normalized spacial score (nSPS) is 13.2. The molecule has 1 aliphatic rings. The summed E-state index contributed by atoms with van der Waals surface area (Å²) < 4.78 is 2.27. The molecule has 0 saturated carbocycles. The lowest BCUT2D eigenvalue weighted by Gasteiger charge is -2.35. The molecule has 6 rings (SSSR count). The number of carbonyl (C=O) groups is 2. The fourth-order valence-corrected chi connectivity index (χ4v) is 5.90. The molecule has 0 radical (unpaired) electrons. The maximum absolute atomic E-state index is 13.6. The Kier molecular flexibility index (Phi) is 9.41. The van der Waals surface area contributed by atoms with E-state index < -0.39 is 5.97 Å². The SMILES string of the molecule is CCCCc1nc2ccc(N3CCCN(Cc4ccccc4)C3=O)cc2n1Cc1ccc(-c2ccccc2C(=O)O)cc1.O. The summed E-state index contributed by atoms with van der Waals surface area (Å²) in [5.41, 5.74) is 6.92. The van der Waals surface area contributed by atoms with Crippen molar-refractivity contribution in [2.24, 2.45) is 0 Å². The van der Waals surface area contributed by atoms with E-state index in [0.29, 0.717) is 30.8 Å². The number of benzene rings is 4. The van der Waals surface area contributed by atoms with Gasteiger partial charge >= 0.3 is 12.0 Å². The molecule has 1 saturated heterocycles. The van der Waals surface area contributed by atoms with Crippen molar-refractivity contribution in [2.75, 3.05) is 18.0 Å². The average Bonchev–Trinajstić information content (AvgIpc) is 3.38. The number of fused-ring (bicyclic) bond motifs is 1. The Bertz CT molecular complexity index is 1750. The van der Waals surface area contributed by atoms with Crippen LogP contribution in [0.4, 0.5) is 10.5 Å². The third-order valence-corrected chi connectivity index (χ3v) is 8.17. The van der Waals surface area contributed by atoms with Gasteiger partial charge in [0.25, 0.3) is 0 Å². The van der Waals surface area contributed by atoms with Crippen LogP contribution in [0, 0.1) is 0 Å². The van der Waals surface area contributed by atoms with E-state index in [1.807, 2.05) is 64.4 Å². The lowest BCUT2D eigenvalue weighted by Crippen LogP contribution is -2.49. The number of nitrogens with zero attached hydrogens (tertiary/aromatic N) is 4. The maximum atomic E-state index is 13.6. The van der Waals surface area contributed by atoms with Crippen molar-refractivity contribution >= 4 is 28.7 Å². The Labute approximate surface area is 257 Å². The van der Waals surface area contributed by atoms with Gasteiger partial charge in [0.1, 0.15) is 5.82 Å². The average molecular weight is 591 g/mol. The summed E-state index contributed by atoms with van der Waals surface area (Å²) in [6, 6.07) is 31.5. The van der Waals surface area contributed by atoms with Crippen LogP contribution >= 0.6 is 0 Å². The fraction of sp³-hybridized carbons (Fsp3) is 0.250. The van der Waals surface area contributed by atoms with Crippen LogP contribution in [0.1, 0.15) is 53.5 Å². The summed E-state index contributed by atoms with van der Waals surface area (Å²) in [4.78, 5) is 34.2.